The summed E-state index contributed by atoms with van der Waals surface area (Å²) in [6, 6.07) is 13.9. The fraction of sp³-hybridized carbons (Fsp3) is 0.316. The highest BCUT2D eigenvalue weighted by atomic mass is 19.1. The van der Waals surface area contributed by atoms with Gasteiger partial charge in [-0.2, -0.15) is 0 Å². The molecule has 5 nitrogen and oxygen atoms in total. The number of guanidine groups is 1. The number of hydrogen-bond acceptors (Lipinski definition) is 3. The van der Waals surface area contributed by atoms with Crippen LogP contribution in [-0.4, -0.2) is 32.8 Å². The molecule has 0 aliphatic heterocycles. The quantitative estimate of drug-likeness (QED) is 0.439. The highest BCUT2D eigenvalue weighted by Crippen LogP contribution is 2.16. The van der Waals surface area contributed by atoms with E-state index in [-0.39, 0.29) is 5.82 Å². The Morgan fingerprint density at radius 3 is 2.52 bits per heavy atom. The van der Waals surface area contributed by atoms with Crippen LogP contribution >= 0.6 is 0 Å². The molecule has 0 bridgehead atoms. The van der Waals surface area contributed by atoms with E-state index in [2.05, 4.69) is 15.6 Å². The Morgan fingerprint density at radius 2 is 1.84 bits per heavy atom. The van der Waals surface area contributed by atoms with Crippen molar-refractivity contribution in [2.45, 2.75) is 13.5 Å². The first-order valence-electron chi connectivity index (χ1n) is 8.24. The zero-order valence-electron chi connectivity index (χ0n) is 14.6. The van der Waals surface area contributed by atoms with E-state index in [0.29, 0.717) is 25.7 Å². The monoisotopic (exact) mass is 345 g/mol. The molecular formula is C19H24FN3O2. The molecule has 0 atom stereocenters. The van der Waals surface area contributed by atoms with Crippen LogP contribution in [0.25, 0.3) is 0 Å². The molecule has 2 aromatic carbocycles. The van der Waals surface area contributed by atoms with Gasteiger partial charge in [-0.25, -0.2) is 9.38 Å². The van der Waals surface area contributed by atoms with Gasteiger partial charge in [-0.1, -0.05) is 12.1 Å². The van der Waals surface area contributed by atoms with Gasteiger partial charge in [0.05, 0.1) is 20.2 Å². The molecule has 0 radical (unpaired) electrons. The average molecular weight is 345 g/mol. The maximum atomic E-state index is 13.2. The van der Waals surface area contributed by atoms with E-state index in [1.54, 1.807) is 13.2 Å². The summed E-state index contributed by atoms with van der Waals surface area (Å²) >= 11 is 0. The zero-order valence-corrected chi connectivity index (χ0v) is 14.6. The standard InChI is InChI=1S/C19H24FN3O2/c1-3-21-19(23-14-15-5-4-6-16(20)13-15)22-11-12-25-18-9-7-17(24-2)8-10-18/h4-10,13H,3,11-12,14H2,1-2H3,(H2,21,22,23). The lowest BCUT2D eigenvalue weighted by atomic mass is 10.2. The predicted octanol–water partition coefficient (Wildman–Crippen LogP) is 2.97. The van der Waals surface area contributed by atoms with Crippen molar-refractivity contribution in [2.24, 2.45) is 4.99 Å². The second-order valence-electron chi connectivity index (χ2n) is 5.28. The van der Waals surface area contributed by atoms with Crippen LogP contribution in [0.5, 0.6) is 11.5 Å². The lowest BCUT2D eigenvalue weighted by Gasteiger charge is -2.12. The fourth-order valence-corrected chi connectivity index (χ4v) is 2.16. The Morgan fingerprint density at radius 1 is 1.08 bits per heavy atom. The van der Waals surface area contributed by atoms with Gasteiger partial charge in [-0.3, -0.25) is 0 Å². The zero-order chi connectivity index (χ0) is 17.9. The Hall–Kier alpha value is -2.76. The van der Waals surface area contributed by atoms with E-state index >= 15 is 0 Å². The highest BCUT2D eigenvalue weighted by Gasteiger charge is 2.00. The lowest BCUT2D eigenvalue weighted by molar-refractivity contribution is 0.321. The van der Waals surface area contributed by atoms with E-state index in [1.165, 1.54) is 12.1 Å². The lowest BCUT2D eigenvalue weighted by Crippen LogP contribution is -2.39. The summed E-state index contributed by atoms with van der Waals surface area (Å²) in [6.07, 6.45) is 0. The van der Waals surface area contributed by atoms with Gasteiger partial charge < -0.3 is 20.1 Å². The van der Waals surface area contributed by atoms with E-state index in [9.17, 15) is 4.39 Å². The van der Waals surface area contributed by atoms with Gasteiger partial charge in [0.25, 0.3) is 0 Å². The van der Waals surface area contributed by atoms with E-state index < -0.39 is 0 Å². The molecule has 0 amide bonds. The third-order valence-electron chi connectivity index (χ3n) is 3.38. The Balaban J connectivity index is 1.79. The molecule has 0 aliphatic carbocycles. The summed E-state index contributed by atoms with van der Waals surface area (Å²) in [7, 11) is 1.63. The molecule has 2 N–H and O–H groups in total. The summed E-state index contributed by atoms with van der Waals surface area (Å²) in [6.45, 7) is 4.24. The molecule has 2 rings (SSSR count). The van der Waals surface area contributed by atoms with Gasteiger partial charge >= 0.3 is 0 Å². The van der Waals surface area contributed by atoms with Crippen LogP contribution in [0.1, 0.15) is 12.5 Å². The molecule has 0 saturated carbocycles. The van der Waals surface area contributed by atoms with Gasteiger partial charge in [0.15, 0.2) is 5.96 Å². The van der Waals surface area contributed by atoms with Crippen LogP contribution in [0.3, 0.4) is 0 Å². The van der Waals surface area contributed by atoms with Crippen molar-refractivity contribution in [3.8, 4) is 11.5 Å². The largest absolute Gasteiger partial charge is 0.497 e. The van der Waals surface area contributed by atoms with Gasteiger partial charge in [0, 0.05) is 6.54 Å². The minimum absolute atomic E-state index is 0.251. The Kier molecular flexibility index (Phi) is 7.56. The van der Waals surface area contributed by atoms with Crippen molar-refractivity contribution in [3.63, 3.8) is 0 Å². The van der Waals surface area contributed by atoms with E-state index in [1.807, 2.05) is 37.3 Å². The van der Waals surface area contributed by atoms with Crippen molar-refractivity contribution in [1.82, 2.24) is 10.6 Å². The van der Waals surface area contributed by atoms with E-state index in [4.69, 9.17) is 9.47 Å². The molecule has 134 valence electrons. The number of nitrogens with one attached hydrogen (secondary N) is 2. The van der Waals surface area contributed by atoms with Crippen LogP contribution in [0, 0.1) is 5.82 Å². The summed E-state index contributed by atoms with van der Waals surface area (Å²) in [5.74, 6) is 2.00. The number of aliphatic imine (C=N–C) groups is 1. The minimum atomic E-state index is -0.251. The van der Waals surface area contributed by atoms with Gasteiger partial charge in [0.2, 0.25) is 0 Å². The highest BCUT2D eigenvalue weighted by molar-refractivity contribution is 5.79. The normalized spacial score (nSPS) is 11.1. The van der Waals surface area contributed by atoms with Crippen molar-refractivity contribution >= 4 is 5.96 Å². The summed E-state index contributed by atoms with van der Waals surface area (Å²) in [5, 5.41) is 6.35. The maximum Gasteiger partial charge on any atom is 0.191 e. The summed E-state index contributed by atoms with van der Waals surface area (Å²) in [4.78, 5) is 4.45. The molecule has 25 heavy (non-hydrogen) atoms. The van der Waals surface area contributed by atoms with Crippen molar-refractivity contribution < 1.29 is 13.9 Å². The SMILES string of the molecule is CCNC(=NCc1cccc(F)c1)NCCOc1ccc(OC)cc1. The van der Waals surface area contributed by atoms with Crippen LogP contribution in [0.15, 0.2) is 53.5 Å². The number of nitrogens with zero attached hydrogens (tertiary/aromatic N) is 1. The van der Waals surface area contributed by atoms with Gasteiger partial charge in [-0.15, -0.1) is 0 Å². The molecule has 0 aliphatic rings. The Bertz CT molecular complexity index is 675. The summed E-state index contributed by atoms with van der Waals surface area (Å²) < 4.78 is 24.0. The molecular weight excluding hydrogens is 321 g/mol. The minimum Gasteiger partial charge on any atom is -0.497 e. The number of hydrogen-bond donors (Lipinski definition) is 2. The van der Waals surface area contributed by atoms with Crippen molar-refractivity contribution in [2.75, 3.05) is 26.8 Å². The third-order valence-corrected chi connectivity index (χ3v) is 3.38. The number of rotatable bonds is 8. The van der Waals surface area contributed by atoms with Crippen LogP contribution < -0.4 is 20.1 Å². The van der Waals surface area contributed by atoms with Gasteiger partial charge in [0.1, 0.15) is 23.9 Å². The maximum absolute atomic E-state index is 13.2. The van der Waals surface area contributed by atoms with Gasteiger partial charge in [-0.05, 0) is 48.9 Å². The first-order valence-corrected chi connectivity index (χ1v) is 8.24. The van der Waals surface area contributed by atoms with Crippen molar-refractivity contribution in [1.29, 1.82) is 0 Å². The number of benzene rings is 2. The smallest absolute Gasteiger partial charge is 0.191 e. The fourth-order valence-electron chi connectivity index (χ4n) is 2.16. The van der Waals surface area contributed by atoms with E-state index in [0.717, 1.165) is 23.6 Å². The third kappa shape index (κ3) is 6.71. The molecule has 2 aromatic rings. The number of halogens is 1. The summed E-state index contributed by atoms with van der Waals surface area (Å²) in [5.41, 5.74) is 0.826. The molecule has 0 heterocycles. The predicted molar refractivity (Wildman–Crippen MR) is 97.7 cm³/mol. The molecule has 0 spiro atoms. The van der Waals surface area contributed by atoms with Crippen LogP contribution in [-0.2, 0) is 6.54 Å². The van der Waals surface area contributed by atoms with Crippen molar-refractivity contribution in [3.05, 3.63) is 59.9 Å². The molecule has 0 fully saturated rings. The van der Waals surface area contributed by atoms with Crippen LogP contribution in [0.2, 0.25) is 0 Å². The molecule has 0 unspecified atom stereocenters. The average Bonchev–Trinajstić information content (AvgIpc) is 2.63. The first kappa shape index (κ1) is 18.6. The molecule has 0 saturated heterocycles. The Labute approximate surface area is 147 Å². The number of ether oxygens (including phenoxy) is 2. The second-order valence-corrected chi connectivity index (χ2v) is 5.28. The van der Waals surface area contributed by atoms with Crippen LogP contribution in [0.4, 0.5) is 4.39 Å². The first-order chi connectivity index (χ1) is 12.2. The topological polar surface area (TPSA) is 54.9 Å². The molecule has 6 heteroatoms. The molecule has 0 aromatic heterocycles. The second kappa shape index (κ2) is 10.2. The number of methoxy groups -OCH3 is 1.